The predicted octanol–water partition coefficient (Wildman–Crippen LogP) is 1.19. The van der Waals surface area contributed by atoms with Crippen LogP contribution < -0.4 is 16.4 Å². The van der Waals surface area contributed by atoms with Crippen LogP contribution in [0.15, 0.2) is 22.7 Å². The number of halogens is 2. The van der Waals surface area contributed by atoms with E-state index in [2.05, 4.69) is 21.2 Å². The van der Waals surface area contributed by atoms with Gasteiger partial charge in [-0.3, -0.25) is 10.1 Å². The van der Waals surface area contributed by atoms with Crippen molar-refractivity contribution in [2.75, 3.05) is 11.9 Å². The highest BCUT2D eigenvalue weighted by Gasteiger charge is 2.08. The van der Waals surface area contributed by atoms with Crippen LogP contribution in [0.25, 0.3) is 0 Å². The lowest BCUT2D eigenvalue weighted by molar-refractivity contribution is -0.118. The molecule has 0 radical (unpaired) electrons. The number of benzene rings is 1. The summed E-state index contributed by atoms with van der Waals surface area (Å²) in [5.41, 5.74) is 4.89. The number of hydrogen-bond donors (Lipinski definition) is 3. The molecule has 0 aliphatic heterocycles. The zero-order valence-electron chi connectivity index (χ0n) is 8.09. The third-order valence-corrected chi connectivity index (χ3v) is 2.31. The van der Waals surface area contributed by atoms with Crippen LogP contribution in [0.1, 0.15) is 0 Å². The zero-order valence-corrected chi connectivity index (χ0v) is 9.67. The smallest absolute Gasteiger partial charge is 0.318 e. The normalized spacial score (nSPS) is 9.62. The fourth-order valence-electron chi connectivity index (χ4n) is 1.02. The second-order valence-electron chi connectivity index (χ2n) is 2.86. The van der Waals surface area contributed by atoms with Crippen molar-refractivity contribution in [2.24, 2.45) is 5.73 Å². The Morgan fingerprint density at radius 3 is 2.69 bits per heavy atom. The van der Waals surface area contributed by atoms with E-state index < -0.39 is 17.8 Å². The van der Waals surface area contributed by atoms with E-state index in [0.717, 1.165) is 0 Å². The molecule has 7 heteroatoms. The van der Waals surface area contributed by atoms with Gasteiger partial charge in [0.1, 0.15) is 5.82 Å². The summed E-state index contributed by atoms with van der Waals surface area (Å²) in [5.74, 6) is -1.14. The third kappa shape index (κ3) is 3.50. The van der Waals surface area contributed by atoms with E-state index in [-0.39, 0.29) is 12.2 Å². The molecular weight excluding hydrogens is 281 g/mol. The SMILES string of the molecule is NC(=O)NC(=O)CNc1c(F)cccc1Br. The van der Waals surface area contributed by atoms with Gasteiger partial charge in [0, 0.05) is 4.47 Å². The van der Waals surface area contributed by atoms with Crippen molar-refractivity contribution in [1.82, 2.24) is 5.32 Å². The Morgan fingerprint density at radius 2 is 2.12 bits per heavy atom. The summed E-state index contributed by atoms with van der Waals surface area (Å²) >= 11 is 3.12. The molecule has 3 amide bonds. The summed E-state index contributed by atoms with van der Waals surface area (Å²) in [6.45, 7) is -0.248. The second-order valence-corrected chi connectivity index (χ2v) is 3.72. The van der Waals surface area contributed by atoms with Crippen LogP contribution in [0.5, 0.6) is 0 Å². The Labute approximate surface area is 99.3 Å². The molecule has 0 saturated carbocycles. The topological polar surface area (TPSA) is 84.2 Å². The minimum absolute atomic E-state index is 0.155. The molecule has 4 N–H and O–H groups in total. The van der Waals surface area contributed by atoms with E-state index >= 15 is 0 Å². The molecule has 0 aliphatic carbocycles. The molecule has 0 aliphatic rings. The monoisotopic (exact) mass is 289 g/mol. The average Bonchev–Trinajstić information content (AvgIpc) is 2.15. The highest BCUT2D eigenvalue weighted by atomic mass is 79.9. The molecule has 0 atom stereocenters. The number of rotatable bonds is 3. The van der Waals surface area contributed by atoms with E-state index in [4.69, 9.17) is 5.73 Å². The second kappa shape index (κ2) is 5.45. The van der Waals surface area contributed by atoms with Crippen molar-refractivity contribution in [2.45, 2.75) is 0 Å². The molecule has 0 saturated heterocycles. The Hall–Kier alpha value is -1.63. The minimum Gasteiger partial charge on any atom is -0.373 e. The van der Waals surface area contributed by atoms with Gasteiger partial charge in [-0.25, -0.2) is 9.18 Å². The van der Waals surface area contributed by atoms with Crippen molar-refractivity contribution >= 4 is 33.6 Å². The maximum absolute atomic E-state index is 13.2. The van der Waals surface area contributed by atoms with Gasteiger partial charge in [-0.2, -0.15) is 0 Å². The van der Waals surface area contributed by atoms with Gasteiger partial charge in [-0.15, -0.1) is 0 Å². The molecule has 0 heterocycles. The molecule has 0 spiro atoms. The molecule has 1 aromatic carbocycles. The van der Waals surface area contributed by atoms with Crippen molar-refractivity contribution in [1.29, 1.82) is 0 Å². The highest BCUT2D eigenvalue weighted by molar-refractivity contribution is 9.10. The maximum atomic E-state index is 13.2. The van der Waals surface area contributed by atoms with Gasteiger partial charge in [-0.05, 0) is 28.1 Å². The molecule has 86 valence electrons. The molecule has 16 heavy (non-hydrogen) atoms. The number of primary amides is 1. The standard InChI is InChI=1S/C9H9BrFN3O2/c10-5-2-1-3-6(11)8(5)13-4-7(15)14-9(12)16/h1-3,13H,4H2,(H3,12,14,15,16). The molecule has 1 rings (SSSR count). The van der Waals surface area contributed by atoms with Gasteiger partial charge < -0.3 is 11.1 Å². The summed E-state index contributed by atoms with van der Waals surface area (Å²) in [6.07, 6.45) is 0. The fraction of sp³-hybridized carbons (Fsp3) is 0.111. The molecule has 0 fully saturated rings. The minimum atomic E-state index is -0.945. The molecule has 5 nitrogen and oxygen atoms in total. The summed E-state index contributed by atoms with van der Waals surface area (Å²) in [6, 6.07) is 3.45. The first-order chi connectivity index (χ1) is 7.50. The van der Waals surface area contributed by atoms with Crippen molar-refractivity contribution in [3.8, 4) is 0 Å². The number of nitrogens with two attached hydrogens (primary N) is 1. The summed E-state index contributed by atoms with van der Waals surface area (Å²) < 4.78 is 13.7. The molecule has 0 aromatic heterocycles. The number of carbonyl (C=O) groups is 2. The number of hydrogen-bond acceptors (Lipinski definition) is 3. The van der Waals surface area contributed by atoms with E-state index in [0.29, 0.717) is 4.47 Å². The van der Waals surface area contributed by atoms with Crippen molar-refractivity contribution in [3.63, 3.8) is 0 Å². The van der Waals surface area contributed by atoms with Gasteiger partial charge in [-0.1, -0.05) is 6.07 Å². The van der Waals surface area contributed by atoms with E-state index in [1.807, 2.05) is 5.32 Å². The molecule has 1 aromatic rings. The molecule has 0 unspecified atom stereocenters. The lowest BCUT2D eigenvalue weighted by atomic mass is 10.3. The number of anilines is 1. The summed E-state index contributed by atoms with van der Waals surface area (Å²) in [5, 5.41) is 4.40. The first kappa shape index (κ1) is 12.4. The first-order valence-electron chi connectivity index (χ1n) is 4.28. The van der Waals surface area contributed by atoms with Gasteiger partial charge in [0.25, 0.3) is 0 Å². The van der Waals surface area contributed by atoms with Crippen LogP contribution >= 0.6 is 15.9 Å². The van der Waals surface area contributed by atoms with Gasteiger partial charge in [0.05, 0.1) is 12.2 Å². The Bertz CT molecular complexity index is 405. The van der Waals surface area contributed by atoms with Gasteiger partial charge in [0.15, 0.2) is 0 Å². The maximum Gasteiger partial charge on any atom is 0.318 e. The number of amides is 3. The summed E-state index contributed by atoms with van der Waals surface area (Å²) in [4.78, 5) is 21.4. The Kier molecular flexibility index (Phi) is 4.24. The van der Waals surface area contributed by atoms with Crippen molar-refractivity contribution < 1.29 is 14.0 Å². The van der Waals surface area contributed by atoms with Gasteiger partial charge >= 0.3 is 6.03 Å². The number of para-hydroxylation sites is 1. The van der Waals surface area contributed by atoms with E-state index in [1.165, 1.54) is 12.1 Å². The quantitative estimate of drug-likeness (QED) is 0.782. The van der Waals surface area contributed by atoms with Crippen LogP contribution in [-0.2, 0) is 4.79 Å². The van der Waals surface area contributed by atoms with E-state index in [1.54, 1.807) is 6.07 Å². The van der Waals surface area contributed by atoms with E-state index in [9.17, 15) is 14.0 Å². The Balaban J connectivity index is 2.61. The van der Waals surface area contributed by atoms with Crippen LogP contribution in [0.4, 0.5) is 14.9 Å². The lowest BCUT2D eigenvalue weighted by Gasteiger charge is -2.08. The number of urea groups is 1. The van der Waals surface area contributed by atoms with Crippen molar-refractivity contribution in [3.05, 3.63) is 28.5 Å². The molecule has 0 bridgehead atoms. The van der Waals surface area contributed by atoms with Crippen LogP contribution in [0.3, 0.4) is 0 Å². The van der Waals surface area contributed by atoms with Crippen LogP contribution in [-0.4, -0.2) is 18.5 Å². The third-order valence-electron chi connectivity index (χ3n) is 1.65. The van der Waals surface area contributed by atoms with Gasteiger partial charge in [0.2, 0.25) is 5.91 Å². The largest absolute Gasteiger partial charge is 0.373 e. The summed E-state index contributed by atoms with van der Waals surface area (Å²) in [7, 11) is 0. The lowest BCUT2D eigenvalue weighted by Crippen LogP contribution is -2.38. The predicted molar refractivity (Wildman–Crippen MR) is 60.3 cm³/mol. The fourth-order valence-corrected chi connectivity index (χ4v) is 1.50. The number of carbonyl (C=O) groups excluding carboxylic acids is 2. The Morgan fingerprint density at radius 1 is 1.44 bits per heavy atom. The zero-order chi connectivity index (χ0) is 12.1. The van der Waals surface area contributed by atoms with Crippen LogP contribution in [0.2, 0.25) is 0 Å². The number of imide groups is 1. The first-order valence-corrected chi connectivity index (χ1v) is 5.07. The highest BCUT2D eigenvalue weighted by Crippen LogP contribution is 2.24. The van der Waals surface area contributed by atoms with Crippen LogP contribution in [0, 0.1) is 5.82 Å². The average molecular weight is 290 g/mol. The number of nitrogens with one attached hydrogen (secondary N) is 2. The molecular formula is C9H9BrFN3O2.